The number of nitrogens with zero attached hydrogens (tertiary/aromatic N) is 1. The molecule has 0 saturated carbocycles. The van der Waals surface area contributed by atoms with E-state index in [1.807, 2.05) is 0 Å². The molecule has 0 unspecified atom stereocenters. The van der Waals surface area contributed by atoms with E-state index < -0.39 is 22.0 Å². The number of rotatable bonds is 8. The maximum atomic E-state index is 11.7. The molecule has 2 N–H and O–H groups in total. The SMILES string of the molecule is CCOC(=O)CCS(=O)(=O)NCc1nc(C)c(C(=O)O)s1. The van der Waals surface area contributed by atoms with Gasteiger partial charge in [-0.25, -0.2) is 22.9 Å². The fourth-order valence-corrected chi connectivity index (χ4v) is 3.29. The van der Waals surface area contributed by atoms with Gasteiger partial charge in [-0.3, -0.25) is 4.79 Å². The minimum atomic E-state index is -3.65. The summed E-state index contributed by atoms with van der Waals surface area (Å²) >= 11 is 0.912. The van der Waals surface area contributed by atoms with Gasteiger partial charge >= 0.3 is 11.9 Å². The van der Waals surface area contributed by atoms with Gasteiger partial charge < -0.3 is 9.84 Å². The fourth-order valence-electron chi connectivity index (χ4n) is 1.42. The summed E-state index contributed by atoms with van der Waals surface area (Å²) in [6.07, 6.45) is -0.236. The van der Waals surface area contributed by atoms with Crippen molar-refractivity contribution in [2.45, 2.75) is 26.8 Å². The molecule has 0 saturated heterocycles. The lowest BCUT2D eigenvalue weighted by molar-refractivity contribution is -0.142. The number of thiazole rings is 1. The quantitative estimate of drug-likeness (QED) is 0.663. The molecule has 10 heteroatoms. The number of carbonyl (C=O) groups is 2. The van der Waals surface area contributed by atoms with E-state index in [0.29, 0.717) is 10.7 Å². The lowest BCUT2D eigenvalue weighted by Crippen LogP contribution is -2.27. The molecule has 0 aliphatic rings. The zero-order valence-corrected chi connectivity index (χ0v) is 13.2. The van der Waals surface area contributed by atoms with E-state index in [9.17, 15) is 18.0 Å². The van der Waals surface area contributed by atoms with Crippen molar-refractivity contribution < 1.29 is 27.9 Å². The Morgan fingerprint density at radius 1 is 1.43 bits per heavy atom. The third kappa shape index (κ3) is 5.78. The summed E-state index contributed by atoms with van der Waals surface area (Å²) in [6, 6.07) is 0. The number of carbonyl (C=O) groups excluding carboxylic acids is 1. The van der Waals surface area contributed by atoms with Crippen molar-refractivity contribution in [2.75, 3.05) is 12.4 Å². The van der Waals surface area contributed by atoms with E-state index in [-0.39, 0.29) is 30.2 Å². The maximum Gasteiger partial charge on any atom is 0.347 e. The Bertz CT molecular complexity index is 623. The highest BCUT2D eigenvalue weighted by Gasteiger charge is 2.17. The van der Waals surface area contributed by atoms with Gasteiger partial charge in [0.05, 0.1) is 31.0 Å². The Morgan fingerprint density at radius 3 is 2.62 bits per heavy atom. The third-order valence-electron chi connectivity index (χ3n) is 2.36. The van der Waals surface area contributed by atoms with Gasteiger partial charge in [0.15, 0.2) is 0 Å². The molecule has 1 rings (SSSR count). The van der Waals surface area contributed by atoms with Crippen molar-refractivity contribution >= 4 is 33.3 Å². The van der Waals surface area contributed by atoms with Crippen LogP contribution in [0, 0.1) is 6.92 Å². The number of sulfonamides is 1. The first-order chi connectivity index (χ1) is 9.75. The molecule has 0 spiro atoms. The number of aromatic nitrogens is 1. The standard InChI is InChI=1S/C11H16N2O6S2/c1-3-19-9(14)4-5-21(17,18)12-6-8-13-7(2)10(20-8)11(15)16/h12H,3-6H2,1-2H3,(H,15,16). The van der Waals surface area contributed by atoms with Gasteiger partial charge in [0.1, 0.15) is 9.88 Å². The summed E-state index contributed by atoms with van der Waals surface area (Å²) in [5, 5.41) is 9.23. The van der Waals surface area contributed by atoms with Crippen LogP contribution in [0.1, 0.15) is 33.7 Å². The van der Waals surface area contributed by atoms with Crippen LogP contribution in [-0.4, -0.2) is 42.8 Å². The first kappa shape index (κ1) is 17.5. The van der Waals surface area contributed by atoms with Crippen LogP contribution in [0.4, 0.5) is 0 Å². The maximum absolute atomic E-state index is 11.7. The minimum absolute atomic E-state index is 0.0794. The summed E-state index contributed by atoms with van der Waals surface area (Å²) in [7, 11) is -3.65. The zero-order chi connectivity index (χ0) is 16.0. The molecule has 0 aliphatic heterocycles. The number of carboxylic acids is 1. The molecule has 1 heterocycles. The Kier molecular flexibility index (Phi) is 6.24. The second kappa shape index (κ2) is 7.48. The first-order valence-electron chi connectivity index (χ1n) is 6.07. The Morgan fingerprint density at radius 2 is 2.10 bits per heavy atom. The van der Waals surface area contributed by atoms with Gasteiger partial charge in [0, 0.05) is 0 Å². The number of ether oxygens (including phenoxy) is 1. The summed E-state index contributed by atoms with van der Waals surface area (Å²) in [4.78, 5) is 26.0. The Balaban J connectivity index is 2.55. The topological polar surface area (TPSA) is 123 Å². The van der Waals surface area contributed by atoms with Crippen LogP contribution in [0.5, 0.6) is 0 Å². The zero-order valence-electron chi connectivity index (χ0n) is 11.6. The number of aryl methyl sites for hydroxylation is 1. The fraction of sp³-hybridized carbons (Fsp3) is 0.545. The van der Waals surface area contributed by atoms with Gasteiger partial charge in [-0.2, -0.15) is 0 Å². The monoisotopic (exact) mass is 336 g/mol. The number of esters is 1. The average molecular weight is 336 g/mol. The molecule has 0 aliphatic carbocycles. The lowest BCUT2D eigenvalue weighted by atomic mass is 10.4. The molecule has 0 atom stereocenters. The highest BCUT2D eigenvalue weighted by molar-refractivity contribution is 7.89. The molecule has 8 nitrogen and oxygen atoms in total. The van der Waals surface area contributed by atoms with Crippen molar-refractivity contribution in [3.8, 4) is 0 Å². The van der Waals surface area contributed by atoms with Crippen LogP contribution < -0.4 is 4.72 Å². The Labute approximate surface area is 126 Å². The van der Waals surface area contributed by atoms with Gasteiger partial charge in [-0.1, -0.05) is 0 Å². The van der Waals surface area contributed by atoms with Crippen LogP contribution in [0.2, 0.25) is 0 Å². The van der Waals surface area contributed by atoms with E-state index in [0.717, 1.165) is 11.3 Å². The number of carboxylic acid groups (broad SMARTS) is 1. The largest absolute Gasteiger partial charge is 0.477 e. The van der Waals surface area contributed by atoms with Gasteiger partial charge in [-0.15, -0.1) is 11.3 Å². The van der Waals surface area contributed by atoms with E-state index in [4.69, 9.17) is 5.11 Å². The van der Waals surface area contributed by atoms with Crippen LogP contribution in [0.15, 0.2) is 0 Å². The van der Waals surface area contributed by atoms with Crippen LogP contribution in [0.3, 0.4) is 0 Å². The molecule has 1 aromatic heterocycles. The van der Waals surface area contributed by atoms with Crippen LogP contribution in [0.25, 0.3) is 0 Å². The molecular formula is C11H16N2O6S2. The van der Waals surface area contributed by atoms with Crippen molar-refractivity contribution in [3.05, 3.63) is 15.6 Å². The normalized spacial score (nSPS) is 11.3. The lowest BCUT2D eigenvalue weighted by Gasteiger charge is -2.04. The summed E-state index contributed by atoms with van der Waals surface area (Å²) in [5.74, 6) is -2.07. The average Bonchev–Trinajstić information content (AvgIpc) is 2.76. The predicted molar refractivity (Wildman–Crippen MR) is 75.7 cm³/mol. The third-order valence-corrected chi connectivity index (χ3v) is 4.83. The second-order valence-corrected chi connectivity index (χ2v) is 7.03. The van der Waals surface area contributed by atoms with E-state index >= 15 is 0 Å². The molecule has 1 aromatic rings. The number of nitrogens with one attached hydrogen (secondary N) is 1. The van der Waals surface area contributed by atoms with Gasteiger partial charge in [0.2, 0.25) is 10.0 Å². The number of aromatic carboxylic acids is 1. The van der Waals surface area contributed by atoms with E-state index in [1.165, 1.54) is 0 Å². The number of hydrogen-bond acceptors (Lipinski definition) is 7. The van der Waals surface area contributed by atoms with E-state index in [1.54, 1.807) is 13.8 Å². The highest BCUT2D eigenvalue weighted by Crippen LogP contribution is 2.17. The molecule has 0 aromatic carbocycles. The summed E-state index contributed by atoms with van der Waals surface area (Å²) in [6.45, 7) is 3.26. The van der Waals surface area contributed by atoms with Crippen molar-refractivity contribution in [1.29, 1.82) is 0 Å². The van der Waals surface area contributed by atoms with Crippen LogP contribution >= 0.6 is 11.3 Å². The molecular weight excluding hydrogens is 320 g/mol. The van der Waals surface area contributed by atoms with Crippen molar-refractivity contribution in [1.82, 2.24) is 9.71 Å². The van der Waals surface area contributed by atoms with Crippen molar-refractivity contribution in [2.24, 2.45) is 0 Å². The first-order valence-corrected chi connectivity index (χ1v) is 8.54. The molecule has 21 heavy (non-hydrogen) atoms. The molecule has 0 bridgehead atoms. The van der Waals surface area contributed by atoms with E-state index in [2.05, 4.69) is 14.4 Å². The molecule has 0 radical (unpaired) electrons. The summed E-state index contributed by atoms with van der Waals surface area (Å²) < 4.78 is 30.3. The number of hydrogen-bond donors (Lipinski definition) is 2. The smallest absolute Gasteiger partial charge is 0.347 e. The molecule has 0 fully saturated rings. The second-order valence-electron chi connectivity index (χ2n) is 4.02. The predicted octanol–water partition coefficient (Wildman–Crippen LogP) is 0.522. The highest BCUT2D eigenvalue weighted by atomic mass is 32.2. The van der Waals surface area contributed by atoms with Crippen LogP contribution in [-0.2, 0) is 26.1 Å². The minimum Gasteiger partial charge on any atom is -0.477 e. The van der Waals surface area contributed by atoms with Gasteiger partial charge in [-0.05, 0) is 13.8 Å². The van der Waals surface area contributed by atoms with Gasteiger partial charge in [0.25, 0.3) is 0 Å². The summed E-state index contributed by atoms with van der Waals surface area (Å²) in [5.41, 5.74) is 0.341. The molecule has 0 amide bonds. The van der Waals surface area contributed by atoms with Crippen molar-refractivity contribution in [3.63, 3.8) is 0 Å². The Hall–Kier alpha value is -1.52. The molecule has 118 valence electrons.